The Morgan fingerprint density at radius 2 is 0.843 bits per heavy atom. The summed E-state index contributed by atoms with van der Waals surface area (Å²) in [4.78, 5) is 38.9. The predicted molar refractivity (Wildman–Crippen MR) is 455 cm³/mol. The molecule has 0 aliphatic heterocycles. The SMILES string of the molecule is C#Cc1cnn(CC(=O)[C@H]2CC[C@H]3[C@@H]4CC[C@@H]5C[C@](C)(O)CC[C@]5(C)C4=CC[C@]23C)c1.C=C(C)[C@H]1CC[C@H]2[C@@H]3CC[C@@H]4C[C@@](O)(COCC)CC[C@]4(C)C3=CC[C@]12C.CCOC[C@@]1(O)CC[C@]2(C)C3=CC[C@]4(C)[C@@H](C(C)=O)CC[C@H]4[C@@H]3CC[C@@H]2C1.Cc1nncn1CC(=O)[C@H]1CC[C@H]2[C@@H]3CC[C@@H]4C[C@](C)(O)CC[C@]4(C)C3=CC[C@]12C. The number of hydrogen-bond acceptors (Lipinski definition) is 12. The van der Waals surface area contributed by atoms with Crippen molar-refractivity contribution in [3.05, 3.63) is 88.9 Å². The van der Waals surface area contributed by atoms with E-state index in [0.29, 0.717) is 133 Å². The Kier molecular flexibility index (Phi) is 23.3. The van der Waals surface area contributed by atoms with E-state index >= 15 is 0 Å². The van der Waals surface area contributed by atoms with Gasteiger partial charge in [-0.2, -0.15) is 5.10 Å². The molecule has 2 aromatic rings. The predicted octanol–water partition coefficient (Wildman–Crippen LogP) is 20.1. The van der Waals surface area contributed by atoms with Crippen LogP contribution in [0.4, 0.5) is 0 Å². The zero-order chi connectivity index (χ0) is 82.2. The van der Waals surface area contributed by atoms with Crippen molar-refractivity contribution in [1.82, 2.24) is 24.5 Å². The molecule has 4 N–H and O–H groups in total. The summed E-state index contributed by atoms with van der Waals surface area (Å²) in [5.74, 6) is 13.4. The number of allylic oxidation sites excluding steroid dienone is 9. The number of carbonyl (C=O) groups is 3. The molecule has 0 amide bonds. The number of aliphatic hydroxyl groups is 4. The number of nitrogens with zero attached hydrogens (tertiary/aromatic N) is 5. The molecule has 14 heteroatoms. The average Bonchev–Trinajstić information content (AvgIpc) is 1.41. The molecule has 16 aliphatic carbocycles. The van der Waals surface area contributed by atoms with Gasteiger partial charge in [-0.15, -0.1) is 16.6 Å². The third-order valence-electron chi connectivity index (χ3n) is 38.2. The molecule has 14 nitrogen and oxygen atoms in total. The monoisotopic (exact) mass is 1580 g/mol. The van der Waals surface area contributed by atoms with Crippen molar-refractivity contribution in [2.45, 2.75) is 345 Å². The zero-order valence-corrected chi connectivity index (χ0v) is 74.0. The number of carbonyl (C=O) groups excluding carboxylic acids is 3. The first-order valence-electron chi connectivity index (χ1n) is 46.7. The second-order valence-electron chi connectivity index (χ2n) is 44.6. The molecular formula is C101H151N5O9. The van der Waals surface area contributed by atoms with Crippen LogP contribution in [0.1, 0.15) is 314 Å². The zero-order valence-electron chi connectivity index (χ0n) is 74.0. The van der Waals surface area contributed by atoms with Gasteiger partial charge in [-0.1, -0.05) is 120 Å². The van der Waals surface area contributed by atoms with Crippen LogP contribution in [0.3, 0.4) is 0 Å². The lowest BCUT2D eigenvalue weighted by Gasteiger charge is -2.58. The Hall–Kier alpha value is -4.62. The van der Waals surface area contributed by atoms with Crippen molar-refractivity contribution in [2.24, 2.45) is 138 Å². The van der Waals surface area contributed by atoms with Crippen molar-refractivity contribution in [3.8, 4) is 12.3 Å². The molecule has 2 heterocycles. The number of hydrogen-bond donors (Lipinski definition) is 4. The number of ketones is 3. The van der Waals surface area contributed by atoms with Gasteiger partial charge in [0.1, 0.15) is 17.9 Å². The van der Waals surface area contributed by atoms with Crippen LogP contribution >= 0.6 is 0 Å². The van der Waals surface area contributed by atoms with Crippen LogP contribution in [0.5, 0.6) is 0 Å². The van der Waals surface area contributed by atoms with Crippen LogP contribution < -0.4 is 0 Å². The molecule has 0 radical (unpaired) electrons. The van der Waals surface area contributed by atoms with E-state index in [2.05, 4.69) is 114 Å². The van der Waals surface area contributed by atoms with E-state index in [1.165, 1.54) is 89.0 Å². The van der Waals surface area contributed by atoms with Crippen molar-refractivity contribution >= 4 is 17.3 Å². The van der Waals surface area contributed by atoms with Gasteiger partial charge < -0.3 is 34.5 Å². The molecule has 28 atom stereocenters. The second kappa shape index (κ2) is 31.4. The van der Waals surface area contributed by atoms with Crippen LogP contribution in [-0.4, -0.2) is 111 Å². The van der Waals surface area contributed by atoms with Crippen LogP contribution in [-0.2, 0) is 36.9 Å². The molecule has 12 fully saturated rings. The third kappa shape index (κ3) is 15.0. The second-order valence-corrected chi connectivity index (χ2v) is 44.6. The van der Waals surface area contributed by atoms with Gasteiger partial charge >= 0.3 is 0 Å². The van der Waals surface area contributed by atoms with Gasteiger partial charge in [-0.3, -0.25) is 19.1 Å². The van der Waals surface area contributed by atoms with E-state index in [1.807, 2.05) is 39.2 Å². The third-order valence-corrected chi connectivity index (χ3v) is 38.2. The van der Waals surface area contributed by atoms with Crippen LogP contribution in [0.15, 0.2) is 77.5 Å². The highest BCUT2D eigenvalue weighted by Crippen LogP contribution is 2.72. The van der Waals surface area contributed by atoms with Gasteiger partial charge in [0.05, 0.1) is 60.5 Å². The summed E-state index contributed by atoms with van der Waals surface area (Å²) < 4.78 is 14.8. The van der Waals surface area contributed by atoms with E-state index < -0.39 is 22.4 Å². The van der Waals surface area contributed by atoms with Crippen LogP contribution in [0, 0.1) is 157 Å². The van der Waals surface area contributed by atoms with Gasteiger partial charge in [0.2, 0.25) is 0 Å². The van der Waals surface area contributed by atoms with Gasteiger partial charge in [-0.25, -0.2) is 0 Å². The van der Waals surface area contributed by atoms with E-state index in [1.54, 1.807) is 52.6 Å². The van der Waals surface area contributed by atoms with E-state index in [-0.39, 0.29) is 50.2 Å². The molecular weight excluding hydrogens is 1430 g/mol. The molecule has 0 aromatic carbocycles. The molecule has 0 spiro atoms. The Morgan fingerprint density at radius 1 is 0.487 bits per heavy atom. The summed E-state index contributed by atoms with van der Waals surface area (Å²) in [5.41, 5.74) is 8.42. The minimum atomic E-state index is -0.635. The molecule has 115 heavy (non-hydrogen) atoms. The fraction of sp³-hybridized carbons (Fsp3) is 0.802. The number of ether oxygens (including phenoxy) is 2. The number of Topliss-reactive ketones (excluding diaryl/α,β-unsaturated/α-hetero) is 3. The Balaban J connectivity index is 0.000000121. The first-order chi connectivity index (χ1) is 54.3. The first-order valence-corrected chi connectivity index (χ1v) is 46.7. The Bertz CT molecular complexity index is 4060. The smallest absolute Gasteiger partial charge is 0.157 e. The largest absolute Gasteiger partial charge is 0.390 e. The first kappa shape index (κ1) is 85.4. The maximum absolute atomic E-state index is 13.3. The number of terminal acetylenes is 1. The topological polar surface area (TPSA) is 199 Å². The minimum absolute atomic E-state index is 0.0523. The maximum Gasteiger partial charge on any atom is 0.157 e. The molecule has 18 rings (SSSR count). The molecule has 634 valence electrons. The summed E-state index contributed by atoms with van der Waals surface area (Å²) in [7, 11) is 0. The quantitative estimate of drug-likeness (QED) is 0.103. The van der Waals surface area contributed by atoms with Crippen molar-refractivity contribution in [1.29, 1.82) is 0 Å². The molecule has 16 aliphatic rings. The number of aryl methyl sites for hydroxylation is 1. The summed E-state index contributed by atoms with van der Waals surface area (Å²) in [6.07, 6.45) is 56.1. The minimum Gasteiger partial charge on any atom is -0.390 e. The maximum atomic E-state index is 13.3. The normalized spacial score (nSPS) is 46.7. The fourth-order valence-corrected chi connectivity index (χ4v) is 31.5. The van der Waals surface area contributed by atoms with Crippen LogP contribution in [0.2, 0.25) is 0 Å². The number of rotatable bonds is 14. The molecule has 12 saturated carbocycles. The van der Waals surface area contributed by atoms with Gasteiger partial charge in [0.25, 0.3) is 0 Å². The summed E-state index contributed by atoms with van der Waals surface area (Å²) in [6, 6.07) is 0. The van der Waals surface area contributed by atoms with Crippen molar-refractivity contribution in [2.75, 3.05) is 26.4 Å². The van der Waals surface area contributed by atoms with Gasteiger partial charge in [0.15, 0.2) is 11.6 Å². The summed E-state index contributed by atoms with van der Waals surface area (Å²) in [6.45, 7) is 41.1. The van der Waals surface area contributed by atoms with Crippen LogP contribution in [0.25, 0.3) is 0 Å². The van der Waals surface area contributed by atoms with Crippen molar-refractivity contribution in [3.63, 3.8) is 0 Å². The molecule has 0 unspecified atom stereocenters. The highest BCUT2D eigenvalue weighted by molar-refractivity contribution is 5.83. The Labute approximate surface area is 692 Å². The van der Waals surface area contributed by atoms with E-state index in [4.69, 9.17) is 15.9 Å². The average molecular weight is 1580 g/mol. The summed E-state index contributed by atoms with van der Waals surface area (Å²) in [5, 5.41) is 55.7. The lowest BCUT2D eigenvalue weighted by atomic mass is 9.47. The van der Waals surface area contributed by atoms with Crippen molar-refractivity contribution < 1.29 is 44.3 Å². The fourth-order valence-electron chi connectivity index (χ4n) is 31.5. The molecule has 0 bridgehead atoms. The van der Waals surface area contributed by atoms with Gasteiger partial charge in [-0.05, 0) is 374 Å². The standard InChI is InChI=1S/C27H36N2O2.C25H37N3O2.C25H40O2.C24H38O3/c1-5-18-15-28-29(16-18)17-24(30)23-9-8-21-20-7-6-19-14-25(2,31)12-13-26(19,3)22(20)10-11-27(21,23)4;1-16-27-26-15-28(16)14-22(29)21-8-7-19-18-6-5-17-13-23(2,30)11-12-24(17,3)20(18)9-10-25(19,21)4;1-6-27-16-25(26)14-13-23(4)18(15-25)7-8-19-21-10-9-20(17(2)3)24(21,5)12-11-22(19)23;1-5-27-15-24(26)13-12-22(3)17(14-24)6-7-18-20-9-8-19(16(2)25)23(20,4)11-10-21(18)22/h1,10,15-16,19-21,23,31H,6-9,11-14,17H2,2-4H3;9,15,17-19,21,30H,5-8,10-14H2,1-4H3;11,18-21,26H,2,6-10,12-16H2,1,3-5H3;10,17-20,26H,5-9,11-15H2,1-4H3/t19-,20+,21+,23-,25-,26+,27+;17-,18+,19+,21-,23-,24+,25+;18-,19+,20-,21+,23+,24-,25-;17-,18+,19-,20+,22+,23-,24-/m1111/s1. The highest BCUT2D eigenvalue weighted by Gasteiger charge is 2.65. The number of aromatic nitrogens is 5. The highest BCUT2D eigenvalue weighted by atomic mass is 16.5. The molecule has 0 saturated heterocycles. The lowest BCUT2D eigenvalue weighted by Crippen LogP contribution is -2.52. The number of fused-ring (bicyclic) bond motifs is 20. The molecule has 2 aromatic heterocycles. The lowest BCUT2D eigenvalue weighted by molar-refractivity contribution is -0.128. The Morgan fingerprint density at radius 3 is 1.20 bits per heavy atom. The van der Waals surface area contributed by atoms with Gasteiger partial charge in [0, 0.05) is 37.2 Å². The van der Waals surface area contributed by atoms with E-state index in [0.717, 1.165) is 145 Å². The van der Waals surface area contributed by atoms with E-state index in [9.17, 15) is 34.8 Å². The summed E-state index contributed by atoms with van der Waals surface area (Å²) >= 11 is 0.